The molecule has 1 amide bonds. The molecule has 1 aromatic rings. The number of pyridine rings is 1. The van der Waals surface area contributed by atoms with Crippen molar-refractivity contribution in [2.45, 2.75) is 45.1 Å². The second-order valence-electron chi connectivity index (χ2n) is 7.36. The zero-order valence-corrected chi connectivity index (χ0v) is 12.2. The van der Waals surface area contributed by atoms with Gasteiger partial charge in [-0.1, -0.05) is 6.07 Å². The van der Waals surface area contributed by atoms with Crippen molar-refractivity contribution in [3.8, 4) is 0 Å². The molecule has 4 fully saturated rings. The van der Waals surface area contributed by atoms with E-state index in [0.717, 1.165) is 42.6 Å². The molecule has 4 aliphatic rings. The van der Waals surface area contributed by atoms with Crippen LogP contribution in [0.15, 0.2) is 18.3 Å². The van der Waals surface area contributed by atoms with Crippen LogP contribution >= 0.6 is 0 Å². The maximum Gasteiger partial charge on any atom is 0.231 e. The fourth-order valence-electron chi connectivity index (χ4n) is 5.23. The van der Waals surface area contributed by atoms with Crippen molar-refractivity contribution in [3.63, 3.8) is 0 Å². The number of amides is 1. The zero-order chi connectivity index (χ0) is 14.4. The van der Waals surface area contributed by atoms with Gasteiger partial charge in [-0.15, -0.1) is 0 Å². The topological polar surface area (TPSA) is 62.2 Å². The Kier molecular flexibility index (Phi) is 3.03. The van der Waals surface area contributed by atoms with Crippen LogP contribution in [0.5, 0.6) is 0 Å². The van der Waals surface area contributed by atoms with Gasteiger partial charge in [-0.05, 0) is 67.9 Å². The molecule has 2 N–H and O–H groups in total. The summed E-state index contributed by atoms with van der Waals surface area (Å²) in [5.74, 6) is 3.09. The molecule has 1 heterocycles. The first-order valence-electron chi connectivity index (χ1n) is 8.04. The molecule has 4 aliphatic carbocycles. The van der Waals surface area contributed by atoms with E-state index in [1.54, 1.807) is 12.3 Å². The van der Waals surface area contributed by atoms with Crippen LogP contribution in [0.2, 0.25) is 0 Å². The standard InChI is InChI=1S/C17H22N2O2/c20-10-11-1-2-15(18-9-11)19-16(21)17-6-12-3-13(7-17)5-14(4-12)8-17/h1-2,9,12-14,20H,3-8,10H2,(H,18,19,21). The third-order valence-electron chi connectivity index (χ3n) is 5.77. The molecule has 4 bridgehead atoms. The monoisotopic (exact) mass is 286 g/mol. The van der Waals surface area contributed by atoms with Gasteiger partial charge >= 0.3 is 0 Å². The van der Waals surface area contributed by atoms with Gasteiger partial charge in [-0.25, -0.2) is 4.98 Å². The maximum atomic E-state index is 12.8. The number of hydrogen-bond donors (Lipinski definition) is 2. The molecule has 1 aromatic heterocycles. The summed E-state index contributed by atoms with van der Waals surface area (Å²) in [7, 11) is 0. The van der Waals surface area contributed by atoms with Crippen LogP contribution in [-0.2, 0) is 11.4 Å². The summed E-state index contributed by atoms with van der Waals surface area (Å²) in [5.41, 5.74) is 0.634. The van der Waals surface area contributed by atoms with Crippen molar-refractivity contribution in [1.82, 2.24) is 4.98 Å². The Labute approximate surface area is 125 Å². The van der Waals surface area contributed by atoms with Gasteiger partial charge in [0.25, 0.3) is 0 Å². The number of aliphatic hydroxyl groups excluding tert-OH is 1. The normalized spacial score (nSPS) is 36.7. The van der Waals surface area contributed by atoms with Crippen molar-refractivity contribution in [3.05, 3.63) is 23.9 Å². The minimum absolute atomic E-state index is 0.0177. The largest absolute Gasteiger partial charge is 0.392 e. The van der Waals surface area contributed by atoms with Crippen LogP contribution in [-0.4, -0.2) is 16.0 Å². The van der Waals surface area contributed by atoms with Crippen molar-refractivity contribution in [2.24, 2.45) is 23.2 Å². The SMILES string of the molecule is O=C(Nc1ccc(CO)cn1)C12CC3CC(CC(C3)C1)C2. The average Bonchev–Trinajstić information content (AvgIpc) is 2.46. The second-order valence-corrected chi connectivity index (χ2v) is 7.36. The molecule has 0 spiro atoms. The van der Waals surface area contributed by atoms with E-state index in [1.165, 1.54) is 19.3 Å². The number of carbonyl (C=O) groups excluding carboxylic acids is 1. The molecule has 4 nitrogen and oxygen atoms in total. The third-order valence-corrected chi connectivity index (χ3v) is 5.77. The summed E-state index contributed by atoms with van der Waals surface area (Å²) >= 11 is 0. The number of aliphatic hydroxyl groups is 1. The van der Waals surface area contributed by atoms with Gasteiger partial charge in [0.1, 0.15) is 5.82 Å². The predicted octanol–water partition coefficient (Wildman–Crippen LogP) is 2.73. The van der Waals surface area contributed by atoms with Crippen molar-refractivity contribution >= 4 is 11.7 Å². The number of anilines is 1. The van der Waals surface area contributed by atoms with Gasteiger partial charge in [0, 0.05) is 6.20 Å². The first-order valence-corrected chi connectivity index (χ1v) is 8.04. The molecule has 0 aromatic carbocycles. The summed E-state index contributed by atoms with van der Waals surface area (Å²) < 4.78 is 0. The summed E-state index contributed by atoms with van der Waals surface area (Å²) in [6.07, 6.45) is 8.86. The summed E-state index contributed by atoms with van der Waals surface area (Å²) in [6.45, 7) is -0.0177. The Hall–Kier alpha value is -1.42. The first kappa shape index (κ1) is 13.3. The molecule has 112 valence electrons. The number of hydrogen-bond acceptors (Lipinski definition) is 3. The molecular formula is C17H22N2O2. The first-order chi connectivity index (χ1) is 10.2. The highest BCUT2D eigenvalue weighted by atomic mass is 16.3. The van der Waals surface area contributed by atoms with Crippen molar-refractivity contribution in [2.75, 3.05) is 5.32 Å². The Bertz CT molecular complexity index is 517. The highest BCUT2D eigenvalue weighted by Gasteiger charge is 2.54. The molecule has 4 saturated carbocycles. The van der Waals surface area contributed by atoms with Crippen LogP contribution < -0.4 is 5.32 Å². The third kappa shape index (κ3) is 2.26. The van der Waals surface area contributed by atoms with Gasteiger partial charge in [0.05, 0.1) is 12.0 Å². The van der Waals surface area contributed by atoms with E-state index in [2.05, 4.69) is 10.3 Å². The molecule has 0 saturated heterocycles. The lowest BCUT2D eigenvalue weighted by atomic mass is 9.49. The van der Waals surface area contributed by atoms with Crippen LogP contribution in [0.3, 0.4) is 0 Å². The molecule has 21 heavy (non-hydrogen) atoms. The minimum Gasteiger partial charge on any atom is -0.392 e. The molecular weight excluding hydrogens is 264 g/mol. The minimum atomic E-state index is -0.133. The Morgan fingerprint density at radius 2 is 1.81 bits per heavy atom. The van der Waals surface area contributed by atoms with Gasteiger partial charge < -0.3 is 10.4 Å². The van der Waals surface area contributed by atoms with Crippen LogP contribution in [0.4, 0.5) is 5.82 Å². The van der Waals surface area contributed by atoms with E-state index in [9.17, 15) is 4.79 Å². The molecule has 0 atom stereocenters. The molecule has 4 heteroatoms. The molecule has 0 radical (unpaired) electrons. The Balaban J connectivity index is 1.51. The van der Waals surface area contributed by atoms with Crippen molar-refractivity contribution < 1.29 is 9.90 Å². The molecule has 5 rings (SSSR count). The number of carbonyl (C=O) groups is 1. The van der Waals surface area contributed by atoms with Gasteiger partial charge in [0.15, 0.2) is 0 Å². The highest BCUT2D eigenvalue weighted by Crippen LogP contribution is 2.60. The summed E-state index contributed by atoms with van der Waals surface area (Å²) in [4.78, 5) is 17.0. The Morgan fingerprint density at radius 3 is 2.29 bits per heavy atom. The van der Waals surface area contributed by atoms with Crippen LogP contribution in [0, 0.1) is 23.2 Å². The fraction of sp³-hybridized carbons (Fsp3) is 0.647. The zero-order valence-electron chi connectivity index (χ0n) is 12.2. The van der Waals surface area contributed by atoms with E-state index in [0.29, 0.717) is 5.82 Å². The van der Waals surface area contributed by atoms with E-state index < -0.39 is 0 Å². The highest BCUT2D eigenvalue weighted by molar-refractivity contribution is 5.94. The maximum absolute atomic E-state index is 12.8. The lowest BCUT2D eigenvalue weighted by Crippen LogP contribution is -2.51. The number of aromatic nitrogens is 1. The van der Waals surface area contributed by atoms with Gasteiger partial charge in [0.2, 0.25) is 5.91 Å². The number of nitrogens with one attached hydrogen (secondary N) is 1. The Morgan fingerprint density at radius 1 is 1.19 bits per heavy atom. The summed E-state index contributed by atoms with van der Waals surface area (Å²) in [6, 6.07) is 3.59. The molecule has 0 aliphatic heterocycles. The van der Waals surface area contributed by atoms with E-state index >= 15 is 0 Å². The van der Waals surface area contributed by atoms with Crippen LogP contribution in [0.1, 0.15) is 44.1 Å². The lowest BCUT2D eigenvalue weighted by molar-refractivity contribution is -0.140. The van der Waals surface area contributed by atoms with E-state index in [-0.39, 0.29) is 17.9 Å². The van der Waals surface area contributed by atoms with Crippen molar-refractivity contribution in [1.29, 1.82) is 0 Å². The predicted molar refractivity (Wildman–Crippen MR) is 79.4 cm³/mol. The van der Waals surface area contributed by atoms with Gasteiger partial charge in [-0.3, -0.25) is 4.79 Å². The van der Waals surface area contributed by atoms with Crippen LogP contribution in [0.25, 0.3) is 0 Å². The number of rotatable bonds is 3. The van der Waals surface area contributed by atoms with E-state index in [1.807, 2.05) is 6.07 Å². The average molecular weight is 286 g/mol. The van der Waals surface area contributed by atoms with E-state index in [4.69, 9.17) is 5.11 Å². The second kappa shape index (κ2) is 4.80. The molecule has 0 unspecified atom stereocenters. The summed E-state index contributed by atoms with van der Waals surface area (Å²) in [5, 5.41) is 12.1. The smallest absolute Gasteiger partial charge is 0.231 e. The fourth-order valence-corrected chi connectivity index (χ4v) is 5.23. The quantitative estimate of drug-likeness (QED) is 0.898. The lowest BCUT2D eigenvalue weighted by Gasteiger charge is -2.55. The van der Waals surface area contributed by atoms with Gasteiger partial charge in [-0.2, -0.15) is 0 Å². The number of nitrogens with zero attached hydrogens (tertiary/aromatic N) is 1.